The summed E-state index contributed by atoms with van der Waals surface area (Å²) in [7, 11) is 0. The van der Waals surface area contributed by atoms with Crippen LogP contribution in [-0.2, 0) is 10.8 Å². The molecule has 0 saturated carbocycles. The van der Waals surface area contributed by atoms with Crippen LogP contribution >= 0.6 is 0 Å². The van der Waals surface area contributed by atoms with E-state index in [-0.39, 0.29) is 0 Å². The van der Waals surface area contributed by atoms with Crippen molar-refractivity contribution in [1.82, 2.24) is 19.1 Å². The molecule has 0 saturated heterocycles. The molecule has 0 bridgehead atoms. The number of fused-ring (bicyclic) bond motifs is 8. The van der Waals surface area contributed by atoms with Crippen molar-refractivity contribution in [3.63, 3.8) is 0 Å². The highest BCUT2D eigenvalue weighted by Crippen LogP contribution is 2.65. The van der Waals surface area contributed by atoms with Gasteiger partial charge in [0, 0.05) is 33.3 Å². The molecular weight excluding hydrogens is 705 g/mol. The fraction of sp³-hybridized carbons (Fsp3) is 0.0741. The summed E-state index contributed by atoms with van der Waals surface area (Å²) in [6, 6.07) is 70.4. The van der Waals surface area contributed by atoms with E-state index in [4.69, 9.17) is 9.97 Å². The predicted octanol–water partition coefficient (Wildman–Crippen LogP) is 13.0. The van der Waals surface area contributed by atoms with Gasteiger partial charge in [0.1, 0.15) is 11.6 Å². The van der Waals surface area contributed by atoms with Crippen molar-refractivity contribution in [3.8, 4) is 56.4 Å². The number of hydrogen-bond acceptors (Lipinski definition) is 2. The molecule has 274 valence electrons. The zero-order valence-corrected chi connectivity index (χ0v) is 32.3. The summed E-state index contributed by atoms with van der Waals surface area (Å²) in [5, 5.41) is 0. The Balaban J connectivity index is 1.13. The maximum atomic E-state index is 5.22. The van der Waals surface area contributed by atoms with E-state index in [1.807, 2.05) is 0 Å². The fourth-order valence-corrected chi connectivity index (χ4v) is 10.5. The van der Waals surface area contributed by atoms with E-state index in [1.54, 1.807) is 0 Å². The maximum absolute atomic E-state index is 5.22. The van der Waals surface area contributed by atoms with Crippen molar-refractivity contribution >= 4 is 22.1 Å². The first-order valence-electron chi connectivity index (χ1n) is 20.1. The highest BCUT2D eigenvalue weighted by molar-refractivity contribution is 5.91. The number of nitrogens with zero attached hydrogens (tertiary/aromatic N) is 4. The molecule has 2 aliphatic rings. The molecule has 0 spiro atoms. The van der Waals surface area contributed by atoms with E-state index in [0.29, 0.717) is 0 Å². The third-order valence-corrected chi connectivity index (χ3v) is 13.3. The Labute approximate surface area is 337 Å². The number of rotatable bonds is 5. The molecule has 0 aliphatic heterocycles. The lowest BCUT2D eigenvalue weighted by atomic mass is 9.56. The Bertz CT molecular complexity index is 3040. The Morgan fingerprint density at radius 3 is 1.16 bits per heavy atom. The summed E-state index contributed by atoms with van der Waals surface area (Å²) >= 11 is 0. The van der Waals surface area contributed by atoms with Gasteiger partial charge in [-0.15, -0.1) is 0 Å². The Kier molecular flexibility index (Phi) is 6.86. The number of aromatic nitrogens is 4. The smallest absolute Gasteiger partial charge is 0.145 e. The van der Waals surface area contributed by atoms with Crippen molar-refractivity contribution in [2.45, 2.75) is 24.7 Å². The Hall–Kier alpha value is -7.30. The number of imidazole rings is 2. The van der Waals surface area contributed by atoms with Crippen LogP contribution in [0.4, 0.5) is 0 Å². The highest BCUT2D eigenvalue weighted by Gasteiger charge is 2.57. The molecule has 2 heterocycles. The Morgan fingerprint density at radius 1 is 0.345 bits per heavy atom. The molecule has 8 aromatic carbocycles. The molecule has 2 aliphatic carbocycles. The van der Waals surface area contributed by atoms with Crippen molar-refractivity contribution in [3.05, 3.63) is 216 Å². The lowest BCUT2D eigenvalue weighted by Crippen LogP contribution is -2.44. The average molecular weight is 743 g/mol. The SMILES string of the molecule is CC1(C2(C)c3ccccc3-c3ccc(-n4c(-c5ccccc5)nc5ccccc54)cc32)c2ccccc2-c2ccc(-n3c(-c4ccccc4)nc4ccccc43)cc21. The molecule has 2 aromatic heterocycles. The standard InChI is InChI=1S/C54H38N4/c1-53(43-23-11-9-21-39(43)41-31-29-37(33-45(41)53)57-49-27-15-13-25-47(49)55-51(57)35-17-5-3-6-18-35)54(2)44-24-12-10-22-40(44)42-32-30-38(34-46(42)54)58-50-28-16-14-26-48(50)56-52(58)36-19-7-4-8-20-36/h3-34H,1-2H3. The van der Waals surface area contributed by atoms with Crippen LogP contribution in [0, 0.1) is 0 Å². The van der Waals surface area contributed by atoms with Crippen LogP contribution in [0.3, 0.4) is 0 Å². The van der Waals surface area contributed by atoms with Gasteiger partial charge in [-0.25, -0.2) is 9.97 Å². The minimum absolute atomic E-state index is 0.461. The zero-order valence-electron chi connectivity index (χ0n) is 32.3. The second-order valence-corrected chi connectivity index (χ2v) is 16.1. The van der Waals surface area contributed by atoms with Crippen molar-refractivity contribution in [2.24, 2.45) is 0 Å². The van der Waals surface area contributed by atoms with E-state index in [0.717, 1.165) is 56.2 Å². The lowest BCUT2D eigenvalue weighted by Gasteiger charge is -2.45. The van der Waals surface area contributed by atoms with Gasteiger partial charge in [0.15, 0.2) is 0 Å². The molecule has 0 radical (unpaired) electrons. The van der Waals surface area contributed by atoms with Gasteiger partial charge >= 0.3 is 0 Å². The lowest BCUT2D eigenvalue weighted by molar-refractivity contribution is 0.376. The van der Waals surface area contributed by atoms with Crippen molar-refractivity contribution in [2.75, 3.05) is 0 Å². The first-order valence-corrected chi connectivity index (χ1v) is 20.1. The van der Waals surface area contributed by atoms with Crippen LogP contribution < -0.4 is 0 Å². The van der Waals surface area contributed by atoms with Crippen LogP contribution in [0.25, 0.3) is 78.5 Å². The zero-order chi connectivity index (χ0) is 38.6. The van der Waals surface area contributed by atoms with E-state index in [9.17, 15) is 0 Å². The molecule has 0 N–H and O–H groups in total. The first-order chi connectivity index (χ1) is 28.5. The van der Waals surface area contributed by atoms with Gasteiger partial charge in [-0.2, -0.15) is 0 Å². The molecule has 0 amide bonds. The molecule has 4 heteroatoms. The quantitative estimate of drug-likeness (QED) is 0.176. The predicted molar refractivity (Wildman–Crippen MR) is 237 cm³/mol. The summed E-state index contributed by atoms with van der Waals surface area (Å²) in [6.45, 7) is 4.98. The third-order valence-electron chi connectivity index (χ3n) is 13.3. The summed E-state index contributed by atoms with van der Waals surface area (Å²) in [6.07, 6.45) is 0. The number of hydrogen-bond donors (Lipinski definition) is 0. The molecule has 12 rings (SSSR count). The molecule has 2 unspecified atom stereocenters. The van der Waals surface area contributed by atoms with Gasteiger partial charge < -0.3 is 0 Å². The minimum Gasteiger partial charge on any atom is -0.292 e. The normalized spacial score (nSPS) is 17.6. The fourth-order valence-electron chi connectivity index (χ4n) is 10.5. The van der Waals surface area contributed by atoms with Crippen LogP contribution in [0.15, 0.2) is 194 Å². The molecule has 10 aromatic rings. The Morgan fingerprint density at radius 2 is 0.707 bits per heavy atom. The highest BCUT2D eigenvalue weighted by atomic mass is 15.1. The van der Waals surface area contributed by atoms with E-state index >= 15 is 0 Å². The van der Waals surface area contributed by atoms with E-state index in [2.05, 4.69) is 217 Å². The number of benzene rings is 8. The summed E-state index contributed by atoms with van der Waals surface area (Å²) < 4.78 is 4.70. The molecule has 4 nitrogen and oxygen atoms in total. The van der Waals surface area contributed by atoms with Gasteiger partial charge in [-0.05, 0) is 93.0 Å². The van der Waals surface area contributed by atoms with Crippen LogP contribution in [-0.4, -0.2) is 19.1 Å². The molecular formula is C54H38N4. The van der Waals surface area contributed by atoms with Crippen LogP contribution in [0.1, 0.15) is 36.1 Å². The van der Waals surface area contributed by atoms with Gasteiger partial charge in [0.25, 0.3) is 0 Å². The summed E-state index contributed by atoms with van der Waals surface area (Å²) in [5.41, 5.74) is 18.1. The van der Waals surface area contributed by atoms with Crippen molar-refractivity contribution in [1.29, 1.82) is 0 Å². The van der Waals surface area contributed by atoms with Crippen LogP contribution in [0.5, 0.6) is 0 Å². The van der Waals surface area contributed by atoms with Crippen LogP contribution in [0.2, 0.25) is 0 Å². The van der Waals surface area contributed by atoms with E-state index < -0.39 is 10.8 Å². The van der Waals surface area contributed by atoms with Gasteiger partial charge in [-0.1, -0.05) is 159 Å². The molecule has 2 atom stereocenters. The molecule has 0 fully saturated rings. The van der Waals surface area contributed by atoms with Gasteiger partial charge in [0.2, 0.25) is 0 Å². The average Bonchev–Trinajstić information content (AvgIpc) is 4.01. The monoisotopic (exact) mass is 742 g/mol. The summed E-state index contributed by atoms with van der Waals surface area (Å²) in [5.74, 6) is 1.88. The van der Waals surface area contributed by atoms with E-state index in [1.165, 1.54) is 44.5 Å². The maximum Gasteiger partial charge on any atom is 0.145 e. The second-order valence-electron chi connectivity index (χ2n) is 16.1. The van der Waals surface area contributed by atoms with Gasteiger partial charge in [0.05, 0.1) is 22.1 Å². The summed E-state index contributed by atoms with van der Waals surface area (Å²) in [4.78, 5) is 10.4. The first kappa shape index (κ1) is 32.9. The largest absolute Gasteiger partial charge is 0.292 e. The third kappa shape index (κ3) is 4.34. The minimum atomic E-state index is -0.461. The second kappa shape index (κ2) is 12.1. The van der Waals surface area contributed by atoms with Crippen molar-refractivity contribution < 1.29 is 0 Å². The van der Waals surface area contributed by atoms with Gasteiger partial charge in [-0.3, -0.25) is 9.13 Å². The number of para-hydroxylation sites is 4. The topological polar surface area (TPSA) is 35.6 Å². The molecule has 58 heavy (non-hydrogen) atoms.